The zero-order chi connectivity index (χ0) is 37.7. The minimum Gasteiger partial charge on any atom is -0.476 e. The van der Waals surface area contributed by atoms with Gasteiger partial charge in [0.15, 0.2) is 0 Å². The Morgan fingerprint density at radius 1 is 0.978 bits per heavy atom. The van der Waals surface area contributed by atoms with Crippen LogP contribution in [0.15, 0.2) is 23.5 Å². The summed E-state index contributed by atoms with van der Waals surface area (Å²) in [6.07, 6.45) is 9.79. The lowest BCUT2D eigenvalue weighted by Gasteiger charge is -2.29. The molecule has 2 unspecified atom stereocenters. The number of aliphatic imine (C=N–C) groups is 1. The van der Waals surface area contributed by atoms with Crippen LogP contribution in [0, 0.1) is 32.1 Å². The predicted molar refractivity (Wildman–Crippen MR) is 218 cm³/mol. The fraction of sp³-hybridized carbons (Fsp3) is 0.756. The van der Waals surface area contributed by atoms with Crippen LogP contribution < -0.4 is 10.6 Å². The van der Waals surface area contributed by atoms with Crippen LogP contribution >= 0.6 is 0 Å². The van der Waals surface area contributed by atoms with Crippen molar-refractivity contribution >= 4 is 17.6 Å². The second kappa shape index (κ2) is 40.9. The molecule has 5 heteroatoms. The van der Waals surface area contributed by atoms with Gasteiger partial charge in [0.05, 0.1) is 5.54 Å². The highest BCUT2D eigenvalue weighted by atomic mass is 16.5. The average Bonchev–Trinajstić information content (AvgIpc) is 3.55. The molecule has 0 amide bonds. The Labute approximate surface area is 291 Å². The zero-order valence-corrected chi connectivity index (χ0v) is 35.2. The van der Waals surface area contributed by atoms with E-state index in [1.54, 1.807) is 0 Å². The van der Waals surface area contributed by atoms with Crippen molar-refractivity contribution in [2.75, 3.05) is 25.5 Å². The third-order valence-corrected chi connectivity index (χ3v) is 6.69. The van der Waals surface area contributed by atoms with Gasteiger partial charge in [0.2, 0.25) is 5.88 Å². The summed E-state index contributed by atoms with van der Waals surface area (Å²) in [4.78, 5) is 4.47. The molecule has 2 rings (SSSR count). The molecule has 1 aliphatic rings. The molecule has 0 saturated carbocycles. The summed E-state index contributed by atoms with van der Waals surface area (Å²) in [6.45, 7) is 45.1. The van der Waals surface area contributed by atoms with Crippen LogP contribution in [0.5, 0.6) is 0 Å². The van der Waals surface area contributed by atoms with Gasteiger partial charge in [0.25, 0.3) is 0 Å². The van der Waals surface area contributed by atoms with Gasteiger partial charge in [-0.15, -0.1) is 0 Å². The van der Waals surface area contributed by atoms with E-state index in [9.17, 15) is 0 Å². The monoisotopic (exact) mass is 651 g/mol. The maximum Gasteiger partial charge on any atom is 0.205 e. The molecule has 276 valence electrons. The fourth-order valence-electron chi connectivity index (χ4n) is 4.23. The van der Waals surface area contributed by atoms with Crippen molar-refractivity contribution in [1.82, 2.24) is 5.32 Å². The number of rotatable bonds is 10. The Kier molecular flexibility index (Phi) is 50.0. The summed E-state index contributed by atoms with van der Waals surface area (Å²) >= 11 is 0. The minimum atomic E-state index is 0.150. The molecule has 1 aromatic carbocycles. The predicted octanol–water partition coefficient (Wildman–Crippen LogP) is 13.5. The number of nitrogens with one attached hydrogen (secondary N) is 3. The van der Waals surface area contributed by atoms with Crippen molar-refractivity contribution in [3.05, 3.63) is 40.8 Å². The maximum absolute atomic E-state index is 7.33. The average molecular weight is 651 g/mol. The van der Waals surface area contributed by atoms with E-state index in [-0.39, 0.29) is 5.54 Å². The van der Waals surface area contributed by atoms with E-state index in [0.717, 1.165) is 41.9 Å². The van der Waals surface area contributed by atoms with Gasteiger partial charge in [-0.25, -0.2) is 4.99 Å². The van der Waals surface area contributed by atoms with E-state index in [1.807, 2.05) is 69.4 Å². The van der Waals surface area contributed by atoms with Gasteiger partial charge in [-0.05, 0) is 89.1 Å². The SMILES string of the molecule is C=C(/N=C(/C)C(C)CC)OCC1(CCC)CCCN1.CC.CC.CC.CC.CCC.CCC.CNc1c(C)c(C)cc(C)c1C=N. The third kappa shape index (κ3) is 27.0. The van der Waals surface area contributed by atoms with Crippen molar-refractivity contribution in [3.8, 4) is 0 Å². The Morgan fingerprint density at radius 3 is 1.80 bits per heavy atom. The molecular weight excluding hydrogens is 564 g/mol. The van der Waals surface area contributed by atoms with Crippen LogP contribution in [-0.4, -0.2) is 37.7 Å². The number of benzene rings is 1. The van der Waals surface area contributed by atoms with Gasteiger partial charge in [0.1, 0.15) is 6.61 Å². The summed E-state index contributed by atoms with van der Waals surface area (Å²) < 4.78 is 5.80. The van der Waals surface area contributed by atoms with E-state index in [2.05, 4.69) is 97.5 Å². The van der Waals surface area contributed by atoms with E-state index in [1.165, 1.54) is 49.4 Å². The van der Waals surface area contributed by atoms with Gasteiger partial charge in [-0.2, -0.15) is 0 Å². The Balaban J connectivity index is -0.000000128. The van der Waals surface area contributed by atoms with Crippen LogP contribution in [0.2, 0.25) is 0 Å². The molecular formula is C41H86N4O. The number of anilines is 1. The number of aryl methyl sites for hydroxylation is 2. The Morgan fingerprint density at radius 2 is 1.46 bits per heavy atom. The Hall–Kier alpha value is -2.14. The number of nitrogens with zero attached hydrogens (tertiary/aromatic N) is 1. The van der Waals surface area contributed by atoms with Crippen molar-refractivity contribution < 1.29 is 4.74 Å². The molecule has 1 heterocycles. The van der Waals surface area contributed by atoms with E-state index >= 15 is 0 Å². The van der Waals surface area contributed by atoms with Gasteiger partial charge in [-0.3, -0.25) is 0 Å². The number of hydrogen-bond acceptors (Lipinski definition) is 5. The molecule has 0 bridgehead atoms. The molecule has 2 atom stereocenters. The van der Waals surface area contributed by atoms with Crippen LogP contribution in [0.1, 0.15) is 178 Å². The molecule has 1 aliphatic heterocycles. The summed E-state index contributed by atoms with van der Waals surface area (Å²) in [6, 6.07) is 2.12. The van der Waals surface area contributed by atoms with Crippen LogP contribution in [-0.2, 0) is 4.74 Å². The highest BCUT2D eigenvalue weighted by molar-refractivity contribution is 5.89. The maximum atomic E-state index is 7.33. The topological polar surface area (TPSA) is 69.5 Å². The second-order valence-electron chi connectivity index (χ2n) is 10.5. The Bertz CT molecular complexity index is 822. The van der Waals surface area contributed by atoms with Crippen molar-refractivity contribution in [3.63, 3.8) is 0 Å². The van der Waals surface area contributed by atoms with E-state index in [4.69, 9.17) is 10.1 Å². The second-order valence-corrected chi connectivity index (χ2v) is 10.5. The van der Waals surface area contributed by atoms with Crippen molar-refractivity contribution in [1.29, 1.82) is 5.41 Å². The summed E-state index contributed by atoms with van der Waals surface area (Å²) in [5.74, 6) is 1.05. The minimum absolute atomic E-state index is 0.150. The standard InChI is InChI=1S/C16H30N2O.C11H16N2.2C3H8.4C2H6/c1-6-9-16(10-8-11-17-16)12-19-15(5)18-14(4)13(3)7-2;1-7-5-8(2)10(6-12)11(13-4)9(7)3;2*1-3-2;4*1-2/h13,17H,5-12H2,1-4H3;5-6,12-13H,1-4H3;2*3H2,1-2H3;4*1-2H3/b18-14-;;;;;;;. The summed E-state index contributed by atoms with van der Waals surface area (Å²) in [7, 11) is 1.90. The molecule has 46 heavy (non-hydrogen) atoms. The highest BCUT2D eigenvalue weighted by Gasteiger charge is 2.33. The smallest absolute Gasteiger partial charge is 0.205 e. The van der Waals surface area contributed by atoms with Gasteiger partial charge in [0, 0.05) is 30.2 Å². The molecule has 3 N–H and O–H groups in total. The zero-order valence-electron chi connectivity index (χ0n) is 35.2. The quantitative estimate of drug-likeness (QED) is 0.174. The fourth-order valence-corrected chi connectivity index (χ4v) is 4.23. The normalized spacial score (nSPS) is 14.6. The molecule has 1 saturated heterocycles. The molecule has 1 aromatic rings. The molecule has 0 aliphatic carbocycles. The van der Waals surface area contributed by atoms with E-state index < -0.39 is 0 Å². The van der Waals surface area contributed by atoms with Gasteiger partial charge in [-0.1, -0.05) is 129 Å². The first-order valence-electron chi connectivity index (χ1n) is 18.9. The van der Waals surface area contributed by atoms with Crippen LogP contribution in [0.3, 0.4) is 0 Å². The lowest BCUT2D eigenvalue weighted by atomic mass is 9.93. The first-order chi connectivity index (χ1) is 22.0. The number of hydrogen-bond donors (Lipinski definition) is 3. The first-order valence-corrected chi connectivity index (χ1v) is 18.9. The largest absolute Gasteiger partial charge is 0.476 e. The highest BCUT2D eigenvalue weighted by Crippen LogP contribution is 2.26. The summed E-state index contributed by atoms with van der Waals surface area (Å²) in [5, 5.41) is 14.1. The molecule has 0 aromatic heterocycles. The first kappa shape index (κ1) is 56.2. The molecule has 1 fully saturated rings. The van der Waals surface area contributed by atoms with Crippen LogP contribution in [0.25, 0.3) is 0 Å². The van der Waals surface area contributed by atoms with Crippen molar-refractivity contribution in [2.45, 2.75) is 182 Å². The molecule has 0 spiro atoms. The summed E-state index contributed by atoms with van der Waals surface area (Å²) in [5.41, 5.74) is 6.98. The van der Waals surface area contributed by atoms with E-state index in [0.29, 0.717) is 18.4 Å². The van der Waals surface area contributed by atoms with Crippen molar-refractivity contribution in [2.24, 2.45) is 10.9 Å². The van der Waals surface area contributed by atoms with Gasteiger partial charge < -0.3 is 20.8 Å². The molecule has 0 radical (unpaired) electrons. The third-order valence-electron chi connectivity index (χ3n) is 6.69. The van der Waals surface area contributed by atoms with Crippen LogP contribution in [0.4, 0.5) is 5.69 Å². The van der Waals surface area contributed by atoms with Gasteiger partial charge >= 0.3 is 0 Å². The molecule has 5 nitrogen and oxygen atoms in total. The lowest BCUT2D eigenvalue weighted by Crippen LogP contribution is -2.44. The number of ether oxygens (including phenoxy) is 1. The lowest BCUT2D eigenvalue weighted by molar-refractivity contribution is 0.124.